The number of carbonyl (C=O) groups is 2. The van der Waals surface area contributed by atoms with Crippen LogP contribution in [-0.2, 0) is 4.79 Å². The van der Waals surface area contributed by atoms with Gasteiger partial charge in [0.25, 0.3) is 5.91 Å². The highest BCUT2D eigenvalue weighted by Crippen LogP contribution is 2.23. The maximum absolute atomic E-state index is 11.8. The van der Waals surface area contributed by atoms with Gasteiger partial charge in [0.05, 0.1) is 5.02 Å². The monoisotopic (exact) mass is 318 g/mol. The molecule has 0 saturated heterocycles. The zero-order chi connectivity index (χ0) is 13.0. The van der Waals surface area contributed by atoms with Crippen molar-refractivity contribution in [3.63, 3.8) is 0 Å². The predicted octanol–water partition coefficient (Wildman–Crippen LogP) is 1.97. The maximum Gasteiger partial charge on any atom is 0.251 e. The Hall–Kier alpha value is -1.07. The lowest BCUT2D eigenvalue weighted by Crippen LogP contribution is -2.43. The third-order valence-corrected chi connectivity index (χ3v) is 3.38. The summed E-state index contributed by atoms with van der Waals surface area (Å²) < 4.78 is 0.638. The van der Waals surface area contributed by atoms with E-state index in [1.807, 2.05) is 0 Å². The van der Waals surface area contributed by atoms with Crippen molar-refractivity contribution in [2.45, 2.75) is 13.0 Å². The second-order valence-corrected chi connectivity index (χ2v) is 4.70. The number of rotatable bonds is 3. The molecule has 2 amide bonds. The van der Waals surface area contributed by atoms with Gasteiger partial charge in [-0.1, -0.05) is 11.6 Å². The molecule has 1 aromatic rings. The second kappa shape index (κ2) is 6.02. The van der Waals surface area contributed by atoms with Gasteiger partial charge in [-0.15, -0.1) is 0 Å². The van der Waals surface area contributed by atoms with E-state index in [1.165, 1.54) is 7.05 Å². The molecule has 1 atom stereocenters. The Balaban J connectivity index is 2.76. The van der Waals surface area contributed by atoms with Crippen molar-refractivity contribution < 1.29 is 9.59 Å². The van der Waals surface area contributed by atoms with Crippen molar-refractivity contribution >= 4 is 39.3 Å². The molecule has 0 bridgehead atoms. The molecule has 0 fully saturated rings. The molecule has 92 valence electrons. The number of hydrogen-bond acceptors (Lipinski definition) is 2. The molecule has 1 rings (SSSR count). The van der Waals surface area contributed by atoms with Gasteiger partial charge in [-0.25, -0.2) is 0 Å². The fourth-order valence-electron chi connectivity index (χ4n) is 1.20. The molecule has 0 radical (unpaired) electrons. The molecule has 0 aliphatic rings. The van der Waals surface area contributed by atoms with Crippen LogP contribution in [0.25, 0.3) is 0 Å². The van der Waals surface area contributed by atoms with Gasteiger partial charge in [0.15, 0.2) is 0 Å². The fourth-order valence-corrected chi connectivity index (χ4v) is 1.70. The van der Waals surface area contributed by atoms with Gasteiger partial charge < -0.3 is 10.6 Å². The number of amides is 2. The minimum atomic E-state index is -0.582. The lowest BCUT2D eigenvalue weighted by molar-refractivity contribution is -0.122. The van der Waals surface area contributed by atoms with Gasteiger partial charge in [-0.05, 0) is 41.1 Å². The Morgan fingerprint density at radius 1 is 1.41 bits per heavy atom. The van der Waals surface area contributed by atoms with Crippen molar-refractivity contribution in [2.75, 3.05) is 7.05 Å². The van der Waals surface area contributed by atoms with Crippen molar-refractivity contribution in [1.82, 2.24) is 10.6 Å². The van der Waals surface area contributed by atoms with Crippen LogP contribution < -0.4 is 10.6 Å². The first kappa shape index (κ1) is 14.0. The Morgan fingerprint density at radius 3 is 2.59 bits per heavy atom. The first-order valence-electron chi connectivity index (χ1n) is 4.93. The van der Waals surface area contributed by atoms with Crippen LogP contribution in [-0.4, -0.2) is 24.9 Å². The highest BCUT2D eigenvalue weighted by atomic mass is 79.9. The summed E-state index contributed by atoms with van der Waals surface area (Å²) in [5.41, 5.74) is 0.442. The number of nitrogens with one attached hydrogen (secondary N) is 2. The topological polar surface area (TPSA) is 58.2 Å². The van der Waals surface area contributed by atoms with Crippen LogP contribution in [0.3, 0.4) is 0 Å². The van der Waals surface area contributed by atoms with Gasteiger partial charge in [-0.2, -0.15) is 0 Å². The number of benzene rings is 1. The summed E-state index contributed by atoms with van der Waals surface area (Å²) in [5.74, 6) is -0.565. The third kappa shape index (κ3) is 3.71. The lowest BCUT2D eigenvalue weighted by atomic mass is 10.2. The average molecular weight is 320 g/mol. The van der Waals surface area contributed by atoms with Crippen molar-refractivity contribution in [3.8, 4) is 0 Å². The summed E-state index contributed by atoms with van der Waals surface area (Å²) in [7, 11) is 1.52. The summed E-state index contributed by atoms with van der Waals surface area (Å²) in [6.07, 6.45) is 0. The average Bonchev–Trinajstić information content (AvgIpc) is 2.31. The third-order valence-electron chi connectivity index (χ3n) is 2.17. The van der Waals surface area contributed by atoms with E-state index in [2.05, 4.69) is 26.6 Å². The second-order valence-electron chi connectivity index (χ2n) is 3.44. The Labute approximate surface area is 113 Å². The SMILES string of the molecule is CNC(=O)C(C)NC(=O)c1ccc(Cl)c(Br)c1. The van der Waals surface area contributed by atoms with Crippen molar-refractivity contribution in [2.24, 2.45) is 0 Å². The first-order chi connectivity index (χ1) is 7.95. The van der Waals surface area contributed by atoms with E-state index >= 15 is 0 Å². The molecule has 0 aliphatic carbocycles. The van der Waals surface area contributed by atoms with E-state index in [9.17, 15) is 9.59 Å². The Kier molecular flexibility index (Phi) is 4.96. The molecule has 0 aromatic heterocycles. The van der Waals surface area contributed by atoms with Crippen LogP contribution in [0.15, 0.2) is 22.7 Å². The Bertz CT molecular complexity index is 451. The van der Waals surface area contributed by atoms with Crippen LogP contribution in [0, 0.1) is 0 Å². The summed E-state index contributed by atoms with van der Waals surface area (Å²) >= 11 is 9.05. The summed E-state index contributed by atoms with van der Waals surface area (Å²) in [6.45, 7) is 1.61. The first-order valence-corrected chi connectivity index (χ1v) is 6.10. The molecule has 0 aliphatic heterocycles. The smallest absolute Gasteiger partial charge is 0.251 e. The minimum absolute atomic E-state index is 0.244. The molecule has 6 heteroatoms. The molecule has 0 spiro atoms. The largest absolute Gasteiger partial charge is 0.357 e. The molecule has 1 unspecified atom stereocenters. The van der Waals surface area contributed by atoms with E-state index in [-0.39, 0.29) is 11.8 Å². The molecule has 1 aromatic carbocycles. The summed E-state index contributed by atoms with van der Waals surface area (Å²) in [6, 6.07) is 4.24. The molecule has 17 heavy (non-hydrogen) atoms. The zero-order valence-electron chi connectivity index (χ0n) is 9.38. The zero-order valence-corrected chi connectivity index (χ0v) is 11.7. The normalized spacial score (nSPS) is 11.8. The van der Waals surface area contributed by atoms with Gasteiger partial charge in [-0.3, -0.25) is 9.59 Å². The molecule has 0 heterocycles. The van der Waals surface area contributed by atoms with E-state index in [0.29, 0.717) is 15.1 Å². The molecular weight excluding hydrogens is 307 g/mol. The van der Waals surface area contributed by atoms with E-state index < -0.39 is 6.04 Å². The standard InChI is InChI=1S/C11H12BrClN2O2/c1-6(10(16)14-2)15-11(17)7-3-4-9(13)8(12)5-7/h3-6H,1-2H3,(H,14,16)(H,15,17). The van der Waals surface area contributed by atoms with E-state index in [0.717, 1.165) is 0 Å². The molecular formula is C11H12BrClN2O2. The summed E-state index contributed by atoms with van der Waals surface area (Å²) in [4.78, 5) is 23.0. The molecule has 0 saturated carbocycles. The van der Waals surface area contributed by atoms with Gasteiger partial charge in [0.2, 0.25) is 5.91 Å². The van der Waals surface area contributed by atoms with Crippen LogP contribution in [0.1, 0.15) is 17.3 Å². The molecule has 4 nitrogen and oxygen atoms in total. The van der Waals surface area contributed by atoms with Gasteiger partial charge >= 0.3 is 0 Å². The van der Waals surface area contributed by atoms with Crippen molar-refractivity contribution in [1.29, 1.82) is 0 Å². The maximum atomic E-state index is 11.8. The van der Waals surface area contributed by atoms with Crippen molar-refractivity contribution in [3.05, 3.63) is 33.3 Å². The molecule has 2 N–H and O–H groups in total. The highest BCUT2D eigenvalue weighted by molar-refractivity contribution is 9.10. The van der Waals surface area contributed by atoms with E-state index in [4.69, 9.17) is 11.6 Å². The minimum Gasteiger partial charge on any atom is -0.357 e. The van der Waals surface area contributed by atoms with Crippen LogP contribution in [0.2, 0.25) is 5.02 Å². The van der Waals surface area contributed by atoms with Crippen LogP contribution in [0.4, 0.5) is 0 Å². The fraction of sp³-hybridized carbons (Fsp3) is 0.273. The summed E-state index contributed by atoms with van der Waals surface area (Å²) in [5, 5.41) is 5.57. The van der Waals surface area contributed by atoms with E-state index in [1.54, 1.807) is 25.1 Å². The van der Waals surface area contributed by atoms with Gasteiger partial charge in [0.1, 0.15) is 6.04 Å². The van der Waals surface area contributed by atoms with Crippen LogP contribution in [0.5, 0.6) is 0 Å². The quantitative estimate of drug-likeness (QED) is 0.895. The predicted molar refractivity (Wildman–Crippen MR) is 70.1 cm³/mol. The number of hydrogen-bond donors (Lipinski definition) is 2. The number of halogens is 2. The highest BCUT2D eigenvalue weighted by Gasteiger charge is 2.15. The van der Waals surface area contributed by atoms with Crippen LogP contribution >= 0.6 is 27.5 Å². The Morgan fingerprint density at radius 2 is 2.06 bits per heavy atom. The lowest BCUT2D eigenvalue weighted by Gasteiger charge is -2.12. The van der Waals surface area contributed by atoms with Gasteiger partial charge in [0, 0.05) is 17.1 Å². The number of likely N-dealkylation sites (N-methyl/N-ethyl adjacent to an activating group) is 1. The number of carbonyl (C=O) groups excluding carboxylic acids is 2.